The lowest BCUT2D eigenvalue weighted by Gasteiger charge is -2.09. The fourth-order valence-electron chi connectivity index (χ4n) is 1.66. The molecule has 0 radical (unpaired) electrons. The summed E-state index contributed by atoms with van der Waals surface area (Å²) in [5.74, 6) is 1.56. The third-order valence-corrected chi connectivity index (χ3v) is 3.08. The molecule has 1 heterocycles. The van der Waals surface area contributed by atoms with E-state index in [9.17, 15) is 0 Å². The normalized spacial score (nSPS) is 10.6. The van der Waals surface area contributed by atoms with Gasteiger partial charge < -0.3 is 15.8 Å². The molecule has 1 aromatic carbocycles. The van der Waals surface area contributed by atoms with Crippen molar-refractivity contribution in [2.45, 2.75) is 20.5 Å². The van der Waals surface area contributed by atoms with Crippen LogP contribution in [-0.4, -0.2) is 16.6 Å². The number of hydrogen-bond acceptors (Lipinski definition) is 5. The molecule has 0 saturated carbocycles. The number of aryl methyl sites for hydroxylation is 1. The third kappa shape index (κ3) is 3.82. The molecule has 0 bridgehead atoms. The van der Waals surface area contributed by atoms with E-state index in [-0.39, 0.29) is 0 Å². The smallest absolute Gasteiger partial charge is 0.158 e. The van der Waals surface area contributed by atoms with Crippen LogP contribution in [0.5, 0.6) is 0 Å². The van der Waals surface area contributed by atoms with Crippen molar-refractivity contribution in [3.8, 4) is 0 Å². The number of nitrogens with two attached hydrogens (primary N) is 1. The molecule has 0 spiro atoms. The molecule has 1 aromatic heterocycles. The number of benzene rings is 1. The molecule has 20 heavy (non-hydrogen) atoms. The van der Waals surface area contributed by atoms with E-state index in [4.69, 9.17) is 22.1 Å². The Balaban J connectivity index is 2.19. The van der Waals surface area contributed by atoms with Crippen LogP contribution < -0.4 is 11.1 Å². The summed E-state index contributed by atoms with van der Waals surface area (Å²) in [4.78, 5) is 8.47. The molecule has 0 fully saturated rings. The molecule has 0 aliphatic rings. The van der Waals surface area contributed by atoms with E-state index in [1.54, 1.807) is 6.07 Å². The quantitative estimate of drug-likeness (QED) is 0.884. The van der Waals surface area contributed by atoms with Crippen LogP contribution in [0.1, 0.15) is 18.3 Å². The molecule has 0 aliphatic carbocycles. The summed E-state index contributed by atoms with van der Waals surface area (Å²) < 4.78 is 5.29. The Hall–Kier alpha value is -1.85. The summed E-state index contributed by atoms with van der Waals surface area (Å²) in [6.07, 6.45) is 0. The predicted molar refractivity (Wildman–Crippen MR) is 81.2 cm³/mol. The molecule has 0 aliphatic heterocycles. The molecule has 106 valence electrons. The number of anilines is 3. The van der Waals surface area contributed by atoms with Crippen LogP contribution in [0.3, 0.4) is 0 Å². The summed E-state index contributed by atoms with van der Waals surface area (Å²) in [6.45, 7) is 4.81. The Morgan fingerprint density at radius 3 is 2.80 bits per heavy atom. The highest BCUT2D eigenvalue weighted by atomic mass is 35.5. The second-order valence-corrected chi connectivity index (χ2v) is 4.73. The fraction of sp³-hybridized carbons (Fsp3) is 0.286. The van der Waals surface area contributed by atoms with Crippen LogP contribution in [0.2, 0.25) is 5.02 Å². The highest BCUT2D eigenvalue weighted by Gasteiger charge is 2.04. The van der Waals surface area contributed by atoms with Gasteiger partial charge in [0.1, 0.15) is 18.2 Å². The average molecular weight is 293 g/mol. The van der Waals surface area contributed by atoms with E-state index in [1.807, 2.05) is 32.0 Å². The Bertz CT molecular complexity index is 604. The number of nitrogens with one attached hydrogen (secondary N) is 1. The molecule has 2 aromatic rings. The minimum atomic E-state index is 0.338. The van der Waals surface area contributed by atoms with Gasteiger partial charge in [0.15, 0.2) is 5.82 Å². The van der Waals surface area contributed by atoms with Crippen LogP contribution in [0.15, 0.2) is 24.3 Å². The van der Waals surface area contributed by atoms with Crippen molar-refractivity contribution in [2.24, 2.45) is 0 Å². The van der Waals surface area contributed by atoms with Crippen LogP contribution >= 0.6 is 11.6 Å². The number of ether oxygens (including phenoxy) is 1. The largest absolute Gasteiger partial charge is 0.384 e. The van der Waals surface area contributed by atoms with Crippen LogP contribution in [0.25, 0.3) is 0 Å². The van der Waals surface area contributed by atoms with E-state index in [1.165, 1.54) is 0 Å². The molecule has 6 heteroatoms. The van der Waals surface area contributed by atoms with E-state index in [0.29, 0.717) is 35.7 Å². The summed E-state index contributed by atoms with van der Waals surface area (Å²) >= 11 is 6.09. The molecule has 2 rings (SSSR count). The Kier molecular flexibility index (Phi) is 4.76. The van der Waals surface area contributed by atoms with Crippen LogP contribution in [0, 0.1) is 6.92 Å². The molecule has 0 unspecified atom stereocenters. The highest BCUT2D eigenvalue weighted by Crippen LogP contribution is 2.23. The van der Waals surface area contributed by atoms with Gasteiger partial charge in [-0.1, -0.05) is 17.7 Å². The van der Waals surface area contributed by atoms with Gasteiger partial charge in [0.05, 0.1) is 0 Å². The average Bonchev–Trinajstić information content (AvgIpc) is 2.40. The van der Waals surface area contributed by atoms with Crippen molar-refractivity contribution in [3.63, 3.8) is 0 Å². The van der Waals surface area contributed by atoms with Crippen molar-refractivity contribution >= 4 is 28.9 Å². The van der Waals surface area contributed by atoms with E-state index < -0.39 is 0 Å². The molecule has 3 N–H and O–H groups in total. The van der Waals surface area contributed by atoms with Crippen molar-refractivity contribution in [2.75, 3.05) is 17.7 Å². The fourth-order valence-corrected chi connectivity index (χ4v) is 1.84. The van der Waals surface area contributed by atoms with E-state index >= 15 is 0 Å². The zero-order chi connectivity index (χ0) is 14.5. The first-order valence-corrected chi connectivity index (χ1v) is 6.70. The Morgan fingerprint density at radius 2 is 2.10 bits per heavy atom. The van der Waals surface area contributed by atoms with Crippen molar-refractivity contribution < 1.29 is 4.74 Å². The molecular formula is C14H17ClN4O. The lowest BCUT2D eigenvalue weighted by molar-refractivity contribution is 0.128. The van der Waals surface area contributed by atoms with Gasteiger partial charge in [0.25, 0.3) is 0 Å². The molecule has 0 atom stereocenters. The third-order valence-electron chi connectivity index (χ3n) is 2.67. The maximum atomic E-state index is 6.09. The van der Waals surface area contributed by atoms with Crippen molar-refractivity contribution in [1.82, 2.24) is 9.97 Å². The lowest BCUT2D eigenvalue weighted by atomic mass is 10.2. The number of halogens is 1. The monoisotopic (exact) mass is 292 g/mol. The van der Waals surface area contributed by atoms with Gasteiger partial charge in [-0.05, 0) is 31.5 Å². The van der Waals surface area contributed by atoms with Crippen molar-refractivity contribution in [1.29, 1.82) is 0 Å². The summed E-state index contributed by atoms with van der Waals surface area (Å²) in [6, 6.07) is 7.39. The molecule has 0 saturated heterocycles. The molecule has 5 nitrogen and oxygen atoms in total. The highest BCUT2D eigenvalue weighted by molar-refractivity contribution is 6.31. The first kappa shape index (κ1) is 14.6. The predicted octanol–water partition coefficient (Wildman–Crippen LogP) is 3.30. The van der Waals surface area contributed by atoms with Gasteiger partial charge in [-0.3, -0.25) is 0 Å². The maximum Gasteiger partial charge on any atom is 0.158 e. The first-order chi connectivity index (χ1) is 9.58. The SMILES string of the molecule is CCOCc1nc(N)cc(Nc2ccc(C)c(Cl)c2)n1. The zero-order valence-electron chi connectivity index (χ0n) is 11.5. The molecule has 0 amide bonds. The first-order valence-electron chi connectivity index (χ1n) is 6.33. The summed E-state index contributed by atoms with van der Waals surface area (Å²) in [5.41, 5.74) is 7.64. The number of aromatic nitrogens is 2. The standard InChI is InChI=1S/C14H17ClN4O/c1-3-20-8-14-18-12(16)7-13(19-14)17-10-5-4-9(2)11(15)6-10/h4-7H,3,8H2,1-2H3,(H3,16,17,18,19). The summed E-state index contributed by atoms with van der Waals surface area (Å²) in [5, 5.41) is 3.86. The number of rotatable bonds is 5. The van der Waals surface area contributed by atoms with Crippen LogP contribution in [0.4, 0.5) is 17.3 Å². The Morgan fingerprint density at radius 1 is 1.30 bits per heavy atom. The second-order valence-electron chi connectivity index (χ2n) is 4.32. The van der Waals surface area contributed by atoms with Gasteiger partial charge in [-0.25, -0.2) is 9.97 Å². The van der Waals surface area contributed by atoms with E-state index in [0.717, 1.165) is 11.3 Å². The number of hydrogen-bond donors (Lipinski definition) is 2. The van der Waals surface area contributed by atoms with Crippen molar-refractivity contribution in [3.05, 3.63) is 40.7 Å². The Labute approximate surface area is 123 Å². The van der Waals surface area contributed by atoms with E-state index in [2.05, 4.69) is 15.3 Å². The van der Waals surface area contributed by atoms with Gasteiger partial charge in [-0.2, -0.15) is 0 Å². The lowest BCUT2D eigenvalue weighted by Crippen LogP contribution is -2.05. The van der Waals surface area contributed by atoms with Gasteiger partial charge >= 0.3 is 0 Å². The summed E-state index contributed by atoms with van der Waals surface area (Å²) in [7, 11) is 0. The van der Waals surface area contributed by atoms with Crippen LogP contribution in [-0.2, 0) is 11.3 Å². The second kappa shape index (κ2) is 6.54. The zero-order valence-corrected chi connectivity index (χ0v) is 12.2. The maximum absolute atomic E-state index is 6.09. The number of nitrogens with zero attached hydrogens (tertiary/aromatic N) is 2. The molecular weight excluding hydrogens is 276 g/mol. The van der Waals surface area contributed by atoms with Gasteiger partial charge in [-0.15, -0.1) is 0 Å². The number of nitrogen functional groups attached to an aromatic ring is 1. The minimum Gasteiger partial charge on any atom is -0.384 e. The minimum absolute atomic E-state index is 0.338. The van der Waals surface area contributed by atoms with Gasteiger partial charge in [0, 0.05) is 23.4 Å². The van der Waals surface area contributed by atoms with Gasteiger partial charge in [0.2, 0.25) is 0 Å². The topological polar surface area (TPSA) is 73.1 Å².